The number of hydrogen-bond donors (Lipinski definition) is 2. The molecule has 0 amide bonds. The van der Waals surface area contributed by atoms with E-state index in [1.54, 1.807) is 0 Å². The van der Waals surface area contributed by atoms with E-state index in [0.717, 1.165) is 10.2 Å². The predicted molar refractivity (Wildman–Crippen MR) is 93.1 cm³/mol. The molecule has 0 bridgehead atoms. The zero-order valence-electron chi connectivity index (χ0n) is 11.5. The molecule has 0 fully saturated rings. The van der Waals surface area contributed by atoms with Crippen LogP contribution in [0.3, 0.4) is 0 Å². The summed E-state index contributed by atoms with van der Waals surface area (Å²) in [5.41, 5.74) is 3.41. The highest BCUT2D eigenvalue weighted by molar-refractivity contribution is 9.10. The van der Waals surface area contributed by atoms with Crippen LogP contribution < -0.4 is 10.6 Å². The van der Waals surface area contributed by atoms with Gasteiger partial charge in [-0.05, 0) is 61.5 Å². The van der Waals surface area contributed by atoms with E-state index >= 15 is 0 Å². The van der Waals surface area contributed by atoms with Crippen LogP contribution in [0.1, 0.15) is 24.1 Å². The fraction of sp³-hybridized carbons (Fsp3) is 0.188. The first-order chi connectivity index (χ1) is 9.54. The first-order valence-electron chi connectivity index (χ1n) is 6.44. The molecule has 0 spiro atoms. The van der Waals surface area contributed by atoms with Crippen LogP contribution in [-0.4, -0.2) is 5.11 Å². The van der Waals surface area contributed by atoms with Crippen molar-refractivity contribution in [2.75, 3.05) is 5.32 Å². The van der Waals surface area contributed by atoms with E-state index in [4.69, 9.17) is 12.2 Å². The largest absolute Gasteiger partial charge is 0.356 e. The summed E-state index contributed by atoms with van der Waals surface area (Å²) >= 11 is 8.79. The molecule has 4 heteroatoms. The number of halogens is 1. The first kappa shape index (κ1) is 15.0. The van der Waals surface area contributed by atoms with Gasteiger partial charge in [0, 0.05) is 10.2 Å². The van der Waals surface area contributed by atoms with Crippen molar-refractivity contribution in [1.29, 1.82) is 0 Å². The SMILES string of the molecule is Cc1cccc(NC(=S)N[C@H](C)c2ccc(Br)cc2)c1. The Hall–Kier alpha value is -1.39. The van der Waals surface area contributed by atoms with Gasteiger partial charge in [-0.25, -0.2) is 0 Å². The Morgan fingerprint density at radius 2 is 1.85 bits per heavy atom. The lowest BCUT2D eigenvalue weighted by molar-refractivity contribution is 0.722. The summed E-state index contributed by atoms with van der Waals surface area (Å²) in [6.45, 7) is 4.15. The first-order valence-corrected chi connectivity index (χ1v) is 7.64. The molecule has 20 heavy (non-hydrogen) atoms. The van der Waals surface area contributed by atoms with Crippen LogP contribution in [-0.2, 0) is 0 Å². The maximum absolute atomic E-state index is 5.35. The van der Waals surface area contributed by atoms with Gasteiger partial charge < -0.3 is 10.6 Å². The molecule has 0 aliphatic heterocycles. The molecular formula is C16H17BrN2S. The Bertz CT molecular complexity index is 596. The van der Waals surface area contributed by atoms with Gasteiger partial charge in [-0.1, -0.05) is 40.2 Å². The summed E-state index contributed by atoms with van der Waals surface area (Å²) in [7, 11) is 0. The van der Waals surface area contributed by atoms with E-state index in [1.165, 1.54) is 11.1 Å². The maximum atomic E-state index is 5.35. The number of anilines is 1. The van der Waals surface area contributed by atoms with Crippen molar-refractivity contribution in [2.45, 2.75) is 19.9 Å². The maximum Gasteiger partial charge on any atom is 0.171 e. The number of thiocarbonyl (C=S) groups is 1. The van der Waals surface area contributed by atoms with Crippen molar-refractivity contribution in [3.05, 3.63) is 64.1 Å². The van der Waals surface area contributed by atoms with E-state index in [-0.39, 0.29) is 6.04 Å². The van der Waals surface area contributed by atoms with Crippen molar-refractivity contribution in [1.82, 2.24) is 5.32 Å². The Kier molecular flexibility index (Phi) is 5.15. The molecule has 2 rings (SSSR count). The fourth-order valence-corrected chi connectivity index (χ4v) is 2.48. The standard InChI is InChI=1S/C16H17BrN2S/c1-11-4-3-5-15(10-11)19-16(20)18-12(2)13-6-8-14(17)9-7-13/h3-10,12H,1-2H3,(H2,18,19,20)/t12-/m1/s1. The second kappa shape index (κ2) is 6.86. The number of benzene rings is 2. The zero-order chi connectivity index (χ0) is 14.5. The molecular weight excluding hydrogens is 332 g/mol. The van der Waals surface area contributed by atoms with Crippen LogP contribution in [0.5, 0.6) is 0 Å². The van der Waals surface area contributed by atoms with Crippen molar-refractivity contribution in [2.24, 2.45) is 0 Å². The van der Waals surface area contributed by atoms with Gasteiger partial charge in [0.05, 0.1) is 6.04 Å². The summed E-state index contributed by atoms with van der Waals surface area (Å²) in [6, 6.07) is 16.5. The molecule has 2 aromatic rings. The Morgan fingerprint density at radius 3 is 2.50 bits per heavy atom. The van der Waals surface area contributed by atoms with E-state index in [2.05, 4.69) is 64.7 Å². The van der Waals surface area contributed by atoms with Gasteiger partial charge in [0.2, 0.25) is 0 Å². The van der Waals surface area contributed by atoms with Crippen LogP contribution in [0.2, 0.25) is 0 Å². The summed E-state index contributed by atoms with van der Waals surface area (Å²) in [6.07, 6.45) is 0. The second-order valence-corrected chi connectivity index (χ2v) is 6.07. The molecule has 0 aliphatic rings. The van der Waals surface area contributed by atoms with E-state index < -0.39 is 0 Å². The molecule has 0 radical (unpaired) electrons. The van der Waals surface area contributed by atoms with Crippen molar-refractivity contribution < 1.29 is 0 Å². The second-order valence-electron chi connectivity index (χ2n) is 4.74. The third kappa shape index (κ3) is 4.32. The van der Waals surface area contributed by atoms with Gasteiger partial charge in [0.1, 0.15) is 0 Å². The quantitative estimate of drug-likeness (QED) is 0.778. The molecule has 0 aliphatic carbocycles. The number of rotatable bonds is 3. The van der Waals surface area contributed by atoms with Gasteiger partial charge in [-0.3, -0.25) is 0 Å². The lowest BCUT2D eigenvalue weighted by Gasteiger charge is -2.17. The summed E-state index contributed by atoms with van der Waals surface area (Å²) in [4.78, 5) is 0. The highest BCUT2D eigenvalue weighted by atomic mass is 79.9. The van der Waals surface area contributed by atoms with Crippen LogP contribution in [0.25, 0.3) is 0 Å². The molecule has 0 saturated carbocycles. The minimum absolute atomic E-state index is 0.160. The monoisotopic (exact) mass is 348 g/mol. The highest BCUT2D eigenvalue weighted by Crippen LogP contribution is 2.17. The minimum atomic E-state index is 0.160. The molecule has 1 atom stereocenters. The lowest BCUT2D eigenvalue weighted by atomic mass is 10.1. The van der Waals surface area contributed by atoms with Crippen LogP contribution in [0.4, 0.5) is 5.69 Å². The zero-order valence-corrected chi connectivity index (χ0v) is 13.9. The molecule has 104 valence electrons. The third-order valence-electron chi connectivity index (χ3n) is 2.99. The normalized spacial score (nSPS) is 11.8. The van der Waals surface area contributed by atoms with Crippen LogP contribution >= 0.6 is 28.1 Å². The van der Waals surface area contributed by atoms with Gasteiger partial charge in [0.25, 0.3) is 0 Å². The predicted octanol–water partition coefficient (Wildman–Crippen LogP) is 4.81. The number of nitrogens with one attached hydrogen (secondary N) is 2. The summed E-state index contributed by atoms with van der Waals surface area (Å²) in [5, 5.41) is 7.13. The fourth-order valence-electron chi connectivity index (χ4n) is 1.92. The average Bonchev–Trinajstić information content (AvgIpc) is 2.39. The Balaban J connectivity index is 1.95. The van der Waals surface area contributed by atoms with Crippen LogP contribution in [0.15, 0.2) is 53.0 Å². The smallest absolute Gasteiger partial charge is 0.171 e. The van der Waals surface area contributed by atoms with Gasteiger partial charge in [0.15, 0.2) is 5.11 Å². The Labute approximate surface area is 133 Å². The van der Waals surface area contributed by atoms with Crippen molar-refractivity contribution >= 4 is 38.9 Å². The molecule has 2 N–H and O–H groups in total. The molecule has 0 unspecified atom stereocenters. The number of aryl methyl sites for hydroxylation is 1. The lowest BCUT2D eigenvalue weighted by Crippen LogP contribution is -2.30. The number of hydrogen-bond acceptors (Lipinski definition) is 1. The molecule has 2 nitrogen and oxygen atoms in total. The molecule has 0 heterocycles. The minimum Gasteiger partial charge on any atom is -0.356 e. The third-order valence-corrected chi connectivity index (χ3v) is 3.74. The van der Waals surface area contributed by atoms with E-state index in [1.807, 2.05) is 24.3 Å². The van der Waals surface area contributed by atoms with Crippen molar-refractivity contribution in [3.63, 3.8) is 0 Å². The van der Waals surface area contributed by atoms with Gasteiger partial charge >= 0.3 is 0 Å². The van der Waals surface area contributed by atoms with Gasteiger partial charge in [-0.2, -0.15) is 0 Å². The van der Waals surface area contributed by atoms with E-state index in [9.17, 15) is 0 Å². The highest BCUT2D eigenvalue weighted by Gasteiger charge is 2.07. The molecule has 2 aromatic carbocycles. The van der Waals surface area contributed by atoms with E-state index in [0.29, 0.717) is 5.11 Å². The Morgan fingerprint density at radius 1 is 1.15 bits per heavy atom. The summed E-state index contributed by atoms with van der Waals surface area (Å²) < 4.78 is 1.08. The average molecular weight is 349 g/mol. The van der Waals surface area contributed by atoms with Crippen LogP contribution in [0, 0.1) is 6.92 Å². The molecule has 0 aromatic heterocycles. The van der Waals surface area contributed by atoms with Crippen molar-refractivity contribution in [3.8, 4) is 0 Å². The topological polar surface area (TPSA) is 24.1 Å². The summed E-state index contributed by atoms with van der Waals surface area (Å²) in [5.74, 6) is 0. The van der Waals surface area contributed by atoms with Gasteiger partial charge in [-0.15, -0.1) is 0 Å². The molecule has 0 saturated heterocycles.